The van der Waals surface area contributed by atoms with Crippen LogP contribution in [0, 0.1) is 11.3 Å². The molecule has 0 aromatic carbocycles. The third-order valence-electron chi connectivity index (χ3n) is 5.29. The molecule has 3 aliphatic rings. The lowest BCUT2D eigenvalue weighted by molar-refractivity contribution is 0.461. The van der Waals surface area contributed by atoms with E-state index in [1.165, 1.54) is 6.21 Å². The molecule has 8 N–H and O–H groups in total. The maximum atomic E-state index is 7.51. The van der Waals surface area contributed by atoms with E-state index >= 15 is 0 Å². The number of amidine groups is 1. The molecular formula is C23H32N8. The van der Waals surface area contributed by atoms with Crippen LogP contribution in [0.25, 0.3) is 0 Å². The van der Waals surface area contributed by atoms with E-state index in [2.05, 4.69) is 20.9 Å². The van der Waals surface area contributed by atoms with Crippen molar-refractivity contribution in [2.45, 2.75) is 32.7 Å². The van der Waals surface area contributed by atoms with Gasteiger partial charge in [0.25, 0.3) is 0 Å². The van der Waals surface area contributed by atoms with Gasteiger partial charge < -0.3 is 32.8 Å². The van der Waals surface area contributed by atoms with E-state index in [0.29, 0.717) is 17.7 Å². The van der Waals surface area contributed by atoms with Gasteiger partial charge in [-0.25, -0.2) is 4.99 Å². The van der Waals surface area contributed by atoms with Crippen LogP contribution in [0.15, 0.2) is 80.6 Å². The van der Waals surface area contributed by atoms with E-state index in [9.17, 15) is 0 Å². The Morgan fingerprint density at radius 1 is 1.23 bits per heavy atom. The maximum absolute atomic E-state index is 7.51. The molecule has 0 spiro atoms. The molecule has 0 atom stereocenters. The minimum Gasteiger partial charge on any atom is -0.404 e. The largest absolute Gasteiger partial charge is 0.404 e. The number of allylic oxidation sites excluding steroid dienone is 6. The van der Waals surface area contributed by atoms with Crippen LogP contribution in [0.1, 0.15) is 26.7 Å². The van der Waals surface area contributed by atoms with Crippen molar-refractivity contribution in [1.82, 2.24) is 16.0 Å². The van der Waals surface area contributed by atoms with Gasteiger partial charge in [0.05, 0.1) is 17.4 Å². The molecule has 0 bridgehead atoms. The highest BCUT2D eigenvalue weighted by atomic mass is 15.1. The van der Waals surface area contributed by atoms with Gasteiger partial charge in [-0.1, -0.05) is 13.8 Å². The number of nitrogens with zero attached hydrogens (tertiary/aromatic N) is 2. The van der Waals surface area contributed by atoms with Gasteiger partial charge in [-0.2, -0.15) is 0 Å². The van der Waals surface area contributed by atoms with E-state index < -0.39 is 0 Å². The Balaban J connectivity index is 1.72. The van der Waals surface area contributed by atoms with E-state index in [1.54, 1.807) is 12.3 Å². The number of rotatable bonds is 7. The number of hydrogen-bond donors (Lipinski definition) is 6. The van der Waals surface area contributed by atoms with Gasteiger partial charge >= 0.3 is 0 Å². The molecule has 8 nitrogen and oxygen atoms in total. The smallest absolute Gasteiger partial charge is 0.132 e. The van der Waals surface area contributed by atoms with Crippen molar-refractivity contribution in [2.24, 2.45) is 27.4 Å². The van der Waals surface area contributed by atoms with E-state index in [0.717, 1.165) is 54.0 Å². The molecule has 3 rings (SSSR count). The van der Waals surface area contributed by atoms with Crippen molar-refractivity contribution < 1.29 is 0 Å². The third kappa shape index (κ3) is 6.05. The Bertz CT molecular complexity index is 935. The third-order valence-corrected chi connectivity index (χ3v) is 5.29. The number of aliphatic imine (C=N–C) groups is 2. The summed E-state index contributed by atoms with van der Waals surface area (Å²) in [6.45, 7) is 6.03. The van der Waals surface area contributed by atoms with Crippen molar-refractivity contribution in [3.8, 4) is 0 Å². The second kappa shape index (κ2) is 10.6. The van der Waals surface area contributed by atoms with Crippen molar-refractivity contribution in [2.75, 3.05) is 13.1 Å². The molecule has 0 unspecified atom stereocenters. The fourth-order valence-electron chi connectivity index (χ4n) is 3.40. The first kappa shape index (κ1) is 22.3. The van der Waals surface area contributed by atoms with Crippen LogP contribution < -0.4 is 27.4 Å². The molecular weight excluding hydrogens is 388 g/mol. The molecule has 0 amide bonds. The first-order valence-electron chi connectivity index (χ1n) is 10.6. The summed E-state index contributed by atoms with van der Waals surface area (Å²) >= 11 is 0. The second-order valence-corrected chi connectivity index (χ2v) is 7.92. The Labute approximate surface area is 183 Å². The van der Waals surface area contributed by atoms with Gasteiger partial charge in [0.2, 0.25) is 0 Å². The zero-order chi connectivity index (χ0) is 22.2. The highest BCUT2D eigenvalue weighted by Crippen LogP contribution is 2.22. The quantitative estimate of drug-likeness (QED) is 0.276. The Morgan fingerprint density at radius 2 is 2.00 bits per heavy atom. The van der Waals surface area contributed by atoms with Crippen molar-refractivity contribution in [3.63, 3.8) is 0 Å². The minimum atomic E-state index is 0.206. The summed E-state index contributed by atoms with van der Waals surface area (Å²) in [5.74, 6) is 1.18. The van der Waals surface area contributed by atoms with Gasteiger partial charge in [-0.15, -0.1) is 0 Å². The lowest BCUT2D eigenvalue weighted by atomic mass is 10.0. The average molecular weight is 421 g/mol. The molecule has 0 radical (unpaired) electrons. The number of fused-ring (bicyclic) bond motifs is 1. The molecule has 0 aromatic heterocycles. The summed E-state index contributed by atoms with van der Waals surface area (Å²) in [4.78, 5) is 9.16. The molecule has 0 saturated carbocycles. The SMILES string of the molecule is CC(C)C(C=N)=CC(N)=NC1=CC=C2NC=C(C(C=NC3CCNCC3)=CN)C=C2N1. The van der Waals surface area contributed by atoms with Crippen molar-refractivity contribution in [1.29, 1.82) is 5.41 Å². The van der Waals surface area contributed by atoms with Gasteiger partial charge in [0, 0.05) is 36.0 Å². The Morgan fingerprint density at radius 3 is 2.68 bits per heavy atom. The average Bonchev–Trinajstić information content (AvgIpc) is 2.78. The molecule has 164 valence electrons. The predicted octanol–water partition coefficient (Wildman–Crippen LogP) is 1.94. The molecule has 0 aromatic rings. The lowest BCUT2D eigenvalue weighted by Crippen LogP contribution is -2.30. The second-order valence-electron chi connectivity index (χ2n) is 7.92. The molecule has 0 aliphatic carbocycles. The van der Waals surface area contributed by atoms with Crippen LogP contribution in [0.4, 0.5) is 0 Å². The number of nitrogens with two attached hydrogens (primary N) is 2. The highest BCUT2D eigenvalue weighted by Gasteiger charge is 2.17. The standard InChI is InChI=1S/C23H32N8/c1-15(2)16(11-24)10-22(26)31-23-4-3-20-21(30-23)9-17(13-29-20)18(12-25)14-28-19-5-7-27-8-6-19/h3-4,9-15,19,24,27,29-30H,5-8,25H2,1-2H3,(H2,26,31). The summed E-state index contributed by atoms with van der Waals surface area (Å²) in [7, 11) is 0. The van der Waals surface area contributed by atoms with Gasteiger partial charge in [0.1, 0.15) is 11.7 Å². The molecule has 31 heavy (non-hydrogen) atoms. The first-order valence-corrected chi connectivity index (χ1v) is 10.6. The van der Waals surface area contributed by atoms with E-state index in [-0.39, 0.29) is 5.92 Å². The fourth-order valence-corrected chi connectivity index (χ4v) is 3.40. The van der Waals surface area contributed by atoms with Crippen LogP contribution >= 0.6 is 0 Å². The topological polar surface area (TPSA) is 137 Å². The Kier molecular flexibility index (Phi) is 7.61. The first-order chi connectivity index (χ1) is 15.0. The zero-order valence-corrected chi connectivity index (χ0v) is 18.2. The summed E-state index contributed by atoms with van der Waals surface area (Å²) in [5, 5.41) is 17.4. The number of hydrogen-bond acceptors (Lipinski definition) is 7. The summed E-state index contributed by atoms with van der Waals surface area (Å²) in [6, 6.07) is 0.334. The van der Waals surface area contributed by atoms with E-state index in [4.69, 9.17) is 21.9 Å². The van der Waals surface area contributed by atoms with Crippen molar-refractivity contribution in [3.05, 3.63) is 70.6 Å². The van der Waals surface area contributed by atoms with Gasteiger partial charge in [-0.05, 0) is 61.7 Å². The van der Waals surface area contributed by atoms with Gasteiger partial charge in [-0.3, -0.25) is 4.99 Å². The summed E-state index contributed by atoms with van der Waals surface area (Å²) in [5.41, 5.74) is 16.4. The number of nitrogens with one attached hydrogen (secondary N) is 4. The molecule has 8 heteroatoms. The minimum absolute atomic E-state index is 0.206. The van der Waals surface area contributed by atoms with Crippen LogP contribution in [-0.4, -0.2) is 37.4 Å². The van der Waals surface area contributed by atoms with Gasteiger partial charge in [0.15, 0.2) is 0 Å². The predicted molar refractivity (Wildman–Crippen MR) is 129 cm³/mol. The van der Waals surface area contributed by atoms with Crippen LogP contribution in [0.2, 0.25) is 0 Å². The fraction of sp³-hybridized carbons (Fsp3) is 0.348. The zero-order valence-electron chi connectivity index (χ0n) is 18.2. The number of piperidine rings is 1. The van der Waals surface area contributed by atoms with Crippen LogP contribution in [-0.2, 0) is 0 Å². The monoisotopic (exact) mass is 420 g/mol. The molecule has 1 saturated heterocycles. The maximum Gasteiger partial charge on any atom is 0.132 e. The van der Waals surface area contributed by atoms with E-state index in [1.807, 2.05) is 44.5 Å². The van der Waals surface area contributed by atoms with Crippen molar-refractivity contribution >= 4 is 18.3 Å². The summed E-state index contributed by atoms with van der Waals surface area (Å²) in [6.07, 6.45) is 16.3. The summed E-state index contributed by atoms with van der Waals surface area (Å²) < 4.78 is 0. The highest BCUT2D eigenvalue weighted by molar-refractivity contribution is 5.97. The Hall–Kier alpha value is -3.39. The molecule has 1 fully saturated rings. The lowest BCUT2D eigenvalue weighted by Gasteiger charge is -2.23. The van der Waals surface area contributed by atoms with Crippen LogP contribution in [0.3, 0.4) is 0 Å². The molecule has 3 heterocycles. The van der Waals surface area contributed by atoms with Crippen LogP contribution in [0.5, 0.6) is 0 Å². The normalized spacial score (nSPS) is 20.9. The molecule has 3 aliphatic heterocycles. The number of dihydropyridines is 2.